The van der Waals surface area contributed by atoms with Crippen LogP contribution in [-0.4, -0.2) is 57.2 Å². The number of carbonyl (C=O) groups excluding carboxylic acids is 1. The lowest BCUT2D eigenvalue weighted by Crippen LogP contribution is -2.50. The van der Waals surface area contributed by atoms with Crippen LogP contribution in [-0.2, 0) is 16.1 Å². The number of nitrogens with one attached hydrogen (secondary N) is 1. The van der Waals surface area contributed by atoms with Gasteiger partial charge in [-0.15, -0.1) is 0 Å². The molecular formula is C22H25N5O2. The van der Waals surface area contributed by atoms with E-state index in [4.69, 9.17) is 4.74 Å². The van der Waals surface area contributed by atoms with Gasteiger partial charge in [0.05, 0.1) is 18.4 Å². The number of carbonyl (C=O) groups is 1. The first kappa shape index (κ1) is 18.3. The van der Waals surface area contributed by atoms with Gasteiger partial charge in [-0.05, 0) is 18.4 Å². The molecule has 4 heterocycles. The van der Waals surface area contributed by atoms with E-state index in [9.17, 15) is 4.79 Å². The first-order valence-electron chi connectivity index (χ1n) is 10.2. The van der Waals surface area contributed by atoms with Gasteiger partial charge < -0.3 is 10.1 Å². The van der Waals surface area contributed by atoms with E-state index in [0.717, 1.165) is 54.8 Å². The Morgan fingerprint density at radius 3 is 2.79 bits per heavy atom. The molecule has 0 atom stereocenters. The number of ether oxygens (including phenoxy) is 1. The highest BCUT2D eigenvalue weighted by Crippen LogP contribution is 2.28. The fraction of sp³-hybridized carbons (Fsp3) is 0.409. The third-order valence-corrected chi connectivity index (χ3v) is 6.01. The van der Waals surface area contributed by atoms with Crippen LogP contribution in [0.15, 0.2) is 48.9 Å². The van der Waals surface area contributed by atoms with E-state index in [1.54, 1.807) is 0 Å². The van der Waals surface area contributed by atoms with Gasteiger partial charge in [0.1, 0.15) is 0 Å². The quantitative estimate of drug-likeness (QED) is 0.742. The minimum atomic E-state index is -0.197. The molecule has 1 spiro atoms. The summed E-state index contributed by atoms with van der Waals surface area (Å²) in [4.78, 5) is 18.7. The maximum atomic E-state index is 11.6. The summed E-state index contributed by atoms with van der Waals surface area (Å²) in [5.74, 6) is 0.0952. The molecule has 0 unspecified atom stereocenters. The highest BCUT2D eigenvalue weighted by molar-refractivity contribution is 5.77. The van der Waals surface area contributed by atoms with Crippen molar-refractivity contribution in [3.8, 4) is 11.1 Å². The molecule has 3 aromatic rings. The van der Waals surface area contributed by atoms with E-state index in [1.165, 1.54) is 0 Å². The number of benzene rings is 1. The zero-order valence-corrected chi connectivity index (χ0v) is 16.4. The van der Waals surface area contributed by atoms with E-state index < -0.39 is 0 Å². The van der Waals surface area contributed by atoms with Crippen molar-refractivity contribution < 1.29 is 9.53 Å². The van der Waals surface area contributed by atoms with Crippen LogP contribution in [0.4, 0.5) is 0 Å². The number of likely N-dealkylation sites (tertiary alicyclic amines) is 1. The highest BCUT2D eigenvalue weighted by atomic mass is 16.5. The molecule has 0 aliphatic carbocycles. The van der Waals surface area contributed by atoms with Gasteiger partial charge in [-0.25, -0.2) is 9.50 Å². The predicted octanol–water partition coefficient (Wildman–Crippen LogP) is 2.27. The van der Waals surface area contributed by atoms with Gasteiger partial charge in [-0.3, -0.25) is 9.69 Å². The van der Waals surface area contributed by atoms with Crippen LogP contribution in [0.5, 0.6) is 0 Å². The average Bonchev–Trinajstić information content (AvgIpc) is 3.09. The zero-order valence-electron chi connectivity index (χ0n) is 16.4. The summed E-state index contributed by atoms with van der Waals surface area (Å²) in [6, 6.07) is 10.2. The van der Waals surface area contributed by atoms with Crippen molar-refractivity contribution in [2.24, 2.45) is 0 Å². The molecule has 150 valence electrons. The van der Waals surface area contributed by atoms with Gasteiger partial charge in [0, 0.05) is 56.1 Å². The van der Waals surface area contributed by atoms with Crippen LogP contribution in [0.1, 0.15) is 24.8 Å². The predicted molar refractivity (Wildman–Crippen MR) is 109 cm³/mol. The first-order chi connectivity index (χ1) is 14.2. The van der Waals surface area contributed by atoms with Crippen molar-refractivity contribution in [1.82, 2.24) is 24.8 Å². The summed E-state index contributed by atoms with van der Waals surface area (Å²) in [5.41, 5.74) is 3.99. The van der Waals surface area contributed by atoms with Crippen LogP contribution in [0, 0.1) is 0 Å². The number of fused-ring (bicyclic) bond motifs is 1. The molecule has 2 aliphatic heterocycles. The SMILES string of the molecule is O=C1CCOC2(CCN(Cc3cnc4c(-c5ccccc5)cnn4c3)CC2)CN1. The number of amides is 1. The van der Waals surface area contributed by atoms with E-state index in [2.05, 4.69) is 38.6 Å². The molecule has 29 heavy (non-hydrogen) atoms. The van der Waals surface area contributed by atoms with Crippen LogP contribution in [0.3, 0.4) is 0 Å². The van der Waals surface area contributed by atoms with Crippen molar-refractivity contribution in [3.05, 3.63) is 54.5 Å². The Bertz CT molecular complexity index is 1010. The fourth-order valence-corrected chi connectivity index (χ4v) is 4.27. The number of hydrogen-bond donors (Lipinski definition) is 1. The van der Waals surface area contributed by atoms with Gasteiger partial charge in [-0.2, -0.15) is 5.10 Å². The largest absolute Gasteiger partial charge is 0.373 e. The van der Waals surface area contributed by atoms with E-state index in [-0.39, 0.29) is 11.5 Å². The van der Waals surface area contributed by atoms with Crippen LogP contribution in [0.2, 0.25) is 0 Å². The molecular weight excluding hydrogens is 366 g/mol. The molecule has 2 fully saturated rings. The molecule has 0 saturated carbocycles. The first-order valence-corrected chi connectivity index (χ1v) is 10.2. The Labute approximate surface area is 169 Å². The van der Waals surface area contributed by atoms with Crippen molar-refractivity contribution >= 4 is 11.6 Å². The van der Waals surface area contributed by atoms with Crippen molar-refractivity contribution in [3.63, 3.8) is 0 Å². The lowest BCUT2D eigenvalue weighted by molar-refractivity contribution is -0.120. The van der Waals surface area contributed by atoms with Crippen LogP contribution in [0.25, 0.3) is 16.8 Å². The summed E-state index contributed by atoms with van der Waals surface area (Å²) in [7, 11) is 0. The summed E-state index contributed by atoms with van der Waals surface area (Å²) >= 11 is 0. The zero-order chi connectivity index (χ0) is 19.7. The van der Waals surface area contributed by atoms with Gasteiger partial charge in [0.2, 0.25) is 5.91 Å². The Morgan fingerprint density at radius 2 is 1.97 bits per heavy atom. The summed E-state index contributed by atoms with van der Waals surface area (Å²) < 4.78 is 7.93. The van der Waals surface area contributed by atoms with Crippen molar-refractivity contribution in [2.75, 3.05) is 26.2 Å². The van der Waals surface area contributed by atoms with Gasteiger partial charge in [0.25, 0.3) is 0 Å². The number of aromatic nitrogens is 3. The van der Waals surface area contributed by atoms with E-state index in [1.807, 2.05) is 35.1 Å². The molecule has 0 radical (unpaired) electrons. The fourth-order valence-electron chi connectivity index (χ4n) is 4.27. The number of hydrogen-bond acceptors (Lipinski definition) is 5. The Morgan fingerprint density at radius 1 is 1.14 bits per heavy atom. The van der Waals surface area contributed by atoms with Gasteiger partial charge >= 0.3 is 0 Å². The third-order valence-electron chi connectivity index (χ3n) is 6.01. The normalized spacial score (nSPS) is 19.9. The highest BCUT2D eigenvalue weighted by Gasteiger charge is 2.37. The molecule has 2 saturated heterocycles. The second-order valence-electron chi connectivity index (χ2n) is 7.99. The van der Waals surface area contributed by atoms with Gasteiger partial charge in [-0.1, -0.05) is 30.3 Å². The molecule has 1 N–H and O–H groups in total. The smallest absolute Gasteiger partial charge is 0.222 e. The summed E-state index contributed by atoms with van der Waals surface area (Å²) in [6.07, 6.45) is 8.24. The topological polar surface area (TPSA) is 71.8 Å². The van der Waals surface area contributed by atoms with Crippen molar-refractivity contribution in [1.29, 1.82) is 0 Å². The van der Waals surface area contributed by atoms with Crippen LogP contribution < -0.4 is 5.32 Å². The molecule has 7 nitrogen and oxygen atoms in total. The van der Waals surface area contributed by atoms with Crippen LogP contribution >= 0.6 is 0 Å². The van der Waals surface area contributed by atoms with Crippen molar-refractivity contribution in [2.45, 2.75) is 31.4 Å². The molecule has 5 rings (SSSR count). The standard InChI is InChI=1S/C22H25N5O2/c28-20-6-11-29-22(16-24-20)7-9-26(10-8-22)14-17-12-23-21-19(13-25-27(21)15-17)18-4-2-1-3-5-18/h1-5,12-13,15H,6-11,14,16H2,(H,24,28). The maximum absolute atomic E-state index is 11.6. The minimum Gasteiger partial charge on any atom is -0.373 e. The maximum Gasteiger partial charge on any atom is 0.222 e. The Balaban J connectivity index is 1.26. The summed E-state index contributed by atoms with van der Waals surface area (Å²) in [5, 5.41) is 7.51. The second-order valence-corrected chi connectivity index (χ2v) is 7.99. The van der Waals surface area contributed by atoms with Gasteiger partial charge in [0.15, 0.2) is 5.65 Å². The molecule has 1 aromatic carbocycles. The molecule has 2 aromatic heterocycles. The Hall–Kier alpha value is -2.77. The molecule has 2 aliphatic rings. The molecule has 0 bridgehead atoms. The second kappa shape index (κ2) is 7.57. The molecule has 1 amide bonds. The molecule has 7 heteroatoms. The van der Waals surface area contributed by atoms with E-state index in [0.29, 0.717) is 19.6 Å². The Kier molecular flexibility index (Phi) is 4.77. The number of rotatable bonds is 3. The van der Waals surface area contributed by atoms with E-state index >= 15 is 0 Å². The lowest BCUT2D eigenvalue weighted by atomic mass is 9.91. The third kappa shape index (κ3) is 3.75. The summed E-state index contributed by atoms with van der Waals surface area (Å²) in [6.45, 7) is 3.88. The average molecular weight is 391 g/mol. The number of piperidine rings is 1. The minimum absolute atomic E-state index is 0.0952. The number of nitrogens with zero attached hydrogens (tertiary/aromatic N) is 4. The lowest BCUT2D eigenvalue weighted by Gasteiger charge is -2.40. The monoisotopic (exact) mass is 391 g/mol.